The Hall–Kier alpha value is -1.57. The Balaban J connectivity index is 2.95. The highest BCUT2D eigenvalue weighted by Crippen LogP contribution is 3.01. The minimum absolute atomic E-state index is 0.0853. The highest BCUT2D eigenvalue weighted by molar-refractivity contribution is 8.45. The monoisotopic (exact) mass is 285 g/mol. The second-order valence-electron chi connectivity index (χ2n) is 3.97. The molecule has 0 radical (unpaired) electrons. The molecule has 1 N–H and O–H groups in total. The van der Waals surface area contributed by atoms with Crippen LogP contribution in [0.25, 0.3) is 10.9 Å². The van der Waals surface area contributed by atoms with Crippen molar-refractivity contribution in [2.75, 3.05) is 0 Å². The predicted octanol–water partition coefficient (Wildman–Crippen LogP) is 4.49. The minimum Gasteiger partial charge on any atom is -0.320 e. The normalized spacial score (nSPS) is 16.3. The number of hydrogen-bond acceptors (Lipinski definition) is 1. The lowest BCUT2D eigenvalue weighted by Crippen LogP contribution is -2.20. The largest absolute Gasteiger partial charge is 0.320 e. The molecule has 0 bridgehead atoms. The molecule has 0 aliphatic carbocycles. The molecule has 2 aromatic rings. The number of H-pyrrole nitrogens is 1. The molecule has 0 spiro atoms. The fourth-order valence-corrected chi connectivity index (χ4v) is 2.40. The van der Waals surface area contributed by atoms with Gasteiger partial charge in [-0.1, -0.05) is 37.6 Å². The molecule has 2 rings (SSSR count). The summed E-state index contributed by atoms with van der Waals surface area (Å²) in [7, 11) is -9.97. The van der Waals surface area contributed by atoms with Gasteiger partial charge in [-0.15, -0.1) is 0 Å². The molecule has 0 atom stereocenters. The number of hydrogen-bond donors (Lipinski definition) is 1. The Bertz CT molecular complexity index is 704. The summed E-state index contributed by atoms with van der Waals surface area (Å²) in [6, 6.07) is 4.40. The van der Waals surface area contributed by atoms with Crippen LogP contribution in [0.1, 0.15) is 5.56 Å². The van der Waals surface area contributed by atoms with Crippen LogP contribution in [0.4, 0.5) is 19.4 Å². The van der Waals surface area contributed by atoms with Gasteiger partial charge in [-0.05, 0) is 23.9 Å². The fourth-order valence-electron chi connectivity index (χ4n) is 1.65. The molecule has 1 aromatic heterocycles. The summed E-state index contributed by atoms with van der Waals surface area (Å²) < 4.78 is 63.1. The van der Waals surface area contributed by atoms with Crippen LogP contribution in [0.5, 0.6) is 0 Å². The average molecular weight is 285 g/mol. The highest BCUT2D eigenvalue weighted by atomic mass is 32.5. The van der Waals surface area contributed by atoms with Crippen LogP contribution < -0.4 is 5.56 Å². The zero-order chi connectivity index (χ0) is 13.8. The van der Waals surface area contributed by atoms with E-state index in [0.717, 1.165) is 0 Å². The van der Waals surface area contributed by atoms with E-state index in [0.29, 0.717) is 5.56 Å². The van der Waals surface area contributed by atoms with Crippen molar-refractivity contribution in [1.82, 2.24) is 4.98 Å². The second kappa shape index (κ2) is 2.87. The molecule has 0 aliphatic heterocycles. The van der Waals surface area contributed by atoms with Crippen molar-refractivity contribution >= 4 is 21.1 Å². The predicted molar refractivity (Wildman–Crippen MR) is 60.7 cm³/mol. The summed E-state index contributed by atoms with van der Waals surface area (Å²) in [6.07, 6.45) is 0. The number of para-hydroxylation sites is 1. The summed E-state index contributed by atoms with van der Waals surface area (Å²) in [5, 5.41) is -0.0853. The van der Waals surface area contributed by atoms with Gasteiger partial charge in [0, 0.05) is 0 Å². The maximum Gasteiger partial charge on any atom is 0.315 e. The number of rotatable bonds is 1. The molecule has 1 aromatic carbocycles. The van der Waals surface area contributed by atoms with Crippen LogP contribution in [-0.4, -0.2) is 4.98 Å². The lowest BCUT2D eigenvalue weighted by atomic mass is 10.1. The third kappa shape index (κ3) is 2.20. The van der Waals surface area contributed by atoms with Gasteiger partial charge in [-0.3, -0.25) is 4.79 Å². The fraction of sp³-hybridized carbons (Fsp3) is 0.100. The van der Waals surface area contributed by atoms with E-state index in [1.807, 2.05) is 4.98 Å². The SMILES string of the molecule is Cc1cccc2cc(S(F)(F)(F)(F)F)c(=O)[nH]c12. The first-order chi connectivity index (χ1) is 7.88. The van der Waals surface area contributed by atoms with Crippen molar-refractivity contribution in [3.63, 3.8) is 0 Å². The topological polar surface area (TPSA) is 32.9 Å². The molecule has 0 saturated heterocycles. The number of halogens is 5. The molecule has 0 saturated carbocycles. The molecular formula is C10H8F5NOS. The smallest absolute Gasteiger partial charge is 0.315 e. The average Bonchev–Trinajstić information content (AvgIpc) is 2.15. The number of benzene rings is 1. The Morgan fingerprint density at radius 3 is 2.28 bits per heavy atom. The van der Waals surface area contributed by atoms with Crippen molar-refractivity contribution in [3.8, 4) is 0 Å². The van der Waals surface area contributed by atoms with Crippen LogP contribution in [0, 0.1) is 6.92 Å². The molecule has 8 heteroatoms. The minimum atomic E-state index is -9.97. The number of fused-ring (bicyclic) bond motifs is 1. The van der Waals surface area contributed by atoms with Gasteiger partial charge in [0.2, 0.25) is 0 Å². The van der Waals surface area contributed by atoms with E-state index in [-0.39, 0.29) is 17.0 Å². The maximum atomic E-state index is 12.6. The molecule has 0 amide bonds. The molecule has 0 fully saturated rings. The molecule has 0 aliphatic rings. The third-order valence-electron chi connectivity index (χ3n) is 2.47. The van der Waals surface area contributed by atoms with Gasteiger partial charge < -0.3 is 4.98 Å². The van der Waals surface area contributed by atoms with Gasteiger partial charge in [0.05, 0.1) is 5.52 Å². The first kappa shape index (κ1) is 12.9. The van der Waals surface area contributed by atoms with E-state index in [4.69, 9.17) is 0 Å². The Morgan fingerprint density at radius 2 is 1.72 bits per heavy atom. The summed E-state index contributed by atoms with van der Waals surface area (Å²) in [5.74, 6) is 0. The van der Waals surface area contributed by atoms with E-state index in [1.54, 1.807) is 13.0 Å². The van der Waals surface area contributed by atoms with E-state index in [1.165, 1.54) is 12.1 Å². The van der Waals surface area contributed by atoms with E-state index in [2.05, 4.69) is 0 Å². The lowest BCUT2D eigenvalue weighted by molar-refractivity contribution is 0.362. The molecule has 0 unspecified atom stereocenters. The first-order valence-electron chi connectivity index (χ1n) is 4.75. The Kier molecular flexibility index (Phi) is 2.06. The van der Waals surface area contributed by atoms with Gasteiger partial charge in [0.25, 0.3) is 5.56 Å². The van der Waals surface area contributed by atoms with Crippen LogP contribution in [-0.2, 0) is 0 Å². The zero-order valence-electron chi connectivity index (χ0n) is 9.02. The maximum absolute atomic E-state index is 12.6. The van der Waals surface area contributed by atoms with E-state index >= 15 is 0 Å². The Morgan fingerprint density at radius 1 is 1.11 bits per heavy atom. The summed E-state index contributed by atoms with van der Waals surface area (Å²) >= 11 is 0. The number of aromatic nitrogens is 1. The van der Waals surface area contributed by atoms with Gasteiger partial charge in [-0.2, -0.15) is 0 Å². The van der Waals surface area contributed by atoms with Crippen LogP contribution in [0.3, 0.4) is 0 Å². The van der Waals surface area contributed by atoms with Gasteiger partial charge >= 0.3 is 10.2 Å². The molecular weight excluding hydrogens is 277 g/mol. The number of aryl methyl sites for hydroxylation is 1. The lowest BCUT2D eigenvalue weighted by Gasteiger charge is -2.39. The summed E-state index contributed by atoms with van der Waals surface area (Å²) in [4.78, 5) is 10.7. The van der Waals surface area contributed by atoms with Gasteiger partial charge in [0.15, 0.2) is 4.90 Å². The second-order valence-corrected chi connectivity index (χ2v) is 6.35. The van der Waals surface area contributed by atoms with E-state index in [9.17, 15) is 24.2 Å². The Labute approximate surface area is 98.2 Å². The summed E-state index contributed by atoms with van der Waals surface area (Å²) in [6.45, 7) is 1.55. The number of nitrogens with one attached hydrogen (secondary N) is 1. The van der Waals surface area contributed by atoms with Gasteiger partial charge in [0.1, 0.15) is 0 Å². The number of aromatic amines is 1. The molecule has 2 nitrogen and oxygen atoms in total. The van der Waals surface area contributed by atoms with Gasteiger partial charge in [-0.25, -0.2) is 0 Å². The van der Waals surface area contributed by atoms with Crippen molar-refractivity contribution in [3.05, 3.63) is 40.2 Å². The summed E-state index contributed by atoms with van der Waals surface area (Å²) in [5.41, 5.74) is -1.21. The number of pyridine rings is 1. The molecule has 18 heavy (non-hydrogen) atoms. The quantitative estimate of drug-likeness (QED) is 0.769. The van der Waals surface area contributed by atoms with Crippen molar-refractivity contribution in [2.24, 2.45) is 0 Å². The van der Waals surface area contributed by atoms with Crippen molar-refractivity contribution in [2.45, 2.75) is 11.8 Å². The van der Waals surface area contributed by atoms with E-state index < -0.39 is 20.7 Å². The molecule has 100 valence electrons. The van der Waals surface area contributed by atoms with Crippen molar-refractivity contribution in [1.29, 1.82) is 0 Å². The van der Waals surface area contributed by atoms with Crippen LogP contribution in [0.2, 0.25) is 0 Å². The first-order valence-corrected chi connectivity index (χ1v) is 6.70. The van der Waals surface area contributed by atoms with Crippen LogP contribution >= 0.6 is 10.2 Å². The third-order valence-corrected chi connectivity index (χ3v) is 3.60. The zero-order valence-corrected chi connectivity index (χ0v) is 9.83. The van der Waals surface area contributed by atoms with Crippen molar-refractivity contribution < 1.29 is 19.4 Å². The molecule has 1 heterocycles. The standard InChI is InChI=1S/C10H8F5NOS/c1-6-3-2-4-7-5-8(10(17)16-9(6)7)18(11,12,13,14)15/h2-5H,1H3,(H,16,17). The highest BCUT2D eigenvalue weighted by Gasteiger charge is 2.67. The van der Waals surface area contributed by atoms with Crippen LogP contribution in [0.15, 0.2) is 34.0 Å².